The number of hydrogen-bond donors (Lipinski definition) is 1. The van der Waals surface area contributed by atoms with Crippen LogP contribution in [0.25, 0.3) is 6.08 Å². The summed E-state index contributed by atoms with van der Waals surface area (Å²) in [7, 11) is 0. The van der Waals surface area contributed by atoms with Crippen LogP contribution in [0.4, 0.5) is 4.79 Å². The topological polar surface area (TPSA) is 66.5 Å². The first-order valence-electron chi connectivity index (χ1n) is 6.17. The molecule has 0 aliphatic carbocycles. The SMILES string of the molecule is CCCNC(=O)CN1C(=O)S/C(=C\c2cccs2)C1=O. The van der Waals surface area contributed by atoms with Crippen LogP contribution in [0.15, 0.2) is 22.4 Å². The lowest BCUT2D eigenvalue weighted by Crippen LogP contribution is -2.39. The molecular formula is C13H14N2O3S2. The molecule has 2 heterocycles. The maximum Gasteiger partial charge on any atom is 0.294 e. The van der Waals surface area contributed by atoms with Crippen molar-refractivity contribution in [2.24, 2.45) is 0 Å². The second kappa shape index (κ2) is 6.71. The summed E-state index contributed by atoms with van der Waals surface area (Å²) in [6, 6.07) is 3.74. The normalized spacial score (nSPS) is 17.1. The molecule has 20 heavy (non-hydrogen) atoms. The number of amides is 3. The van der Waals surface area contributed by atoms with Crippen LogP contribution in [0.1, 0.15) is 18.2 Å². The van der Waals surface area contributed by atoms with Gasteiger partial charge in [-0.15, -0.1) is 11.3 Å². The molecule has 0 bridgehead atoms. The molecule has 1 N–H and O–H groups in total. The van der Waals surface area contributed by atoms with Gasteiger partial charge >= 0.3 is 0 Å². The third-order valence-electron chi connectivity index (χ3n) is 2.56. The minimum Gasteiger partial charge on any atom is -0.355 e. The van der Waals surface area contributed by atoms with E-state index in [9.17, 15) is 14.4 Å². The molecule has 0 radical (unpaired) electrons. The second-order valence-electron chi connectivity index (χ2n) is 4.13. The molecule has 1 aromatic heterocycles. The number of thioether (sulfide) groups is 1. The van der Waals surface area contributed by atoms with Crippen molar-refractivity contribution in [3.8, 4) is 0 Å². The predicted octanol–water partition coefficient (Wildman–Crippen LogP) is 2.31. The van der Waals surface area contributed by atoms with Crippen LogP contribution in [0.3, 0.4) is 0 Å². The van der Waals surface area contributed by atoms with Crippen molar-refractivity contribution in [2.45, 2.75) is 13.3 Å². The fourth-order valence-electron chi connectivity index (χ4n) is 1.60. The molecule has 3 amide bonds. The van der Waals surface area contributed by atoms with Gasteiger partial charge in [-0.05, 0) is 35.7 Å². The number of carbonyl (C=O) groups is 3. The molecule has 5 nitrogen and oxygen atoms in total. The zero-order valence-corrected chi connectivity index (χ0v) is 12.6. The van der Waals surface area contributed by atoms with Gasteiger partial charge in [-0.25, -0.2) is 0 Å². The summed E-state index contributed by atoms with van der Waals surface area (Å²) in [4.78, 5) is 37.7. The van der Waals surface area contributed by atoms with Gasteiger partial charge in [0.05, 0.1) is 4.91 Å². The van der Waals surface area contributed by atoms with Gasteiger partial charge in [0.25, 0.3) is 11.1 Å². The molecule has 7 heteroatoms. The van der Waals surface area contributed by atoms with Crippen molar-refractivity contribution in [1.82, 2.24) is 10.2 Å². The minimum absolute atomic E-state index is 0.216. The third kappa shape index (κ3) is 3.49. The summed E-state index contributed by atoms with van der Waals surface area (Å²) in [5.41, 5.74) is 0. The Morgan fingerprint density at radius 2 is 2.25 bits per heavy atom. The van der Waals surface area contributed by atoms with Crippen molar-refractivity contribution < 1.29 is 14.4 Å². The van der Waals surface area contributed by atoms with Crippen LogP contribution in [-0.4, -0.2) is 35.0 Å². The van der Waals surface area contributed by atoms with Gasteiger partial charge in [-0.3, -0.25) is 19.3 Å². The lowest BCUT2D eigenvalue weighted by Gasteiger charge is -2.11. The Kier molecular flexibility index (Phi) is 4.97. The quantitative estimate of drug-likeness (QED) is 0.848. The zero-order valence-electron chi connectivity index (χ0n) is 10.9. The molecule has 0 saturated carbocycles. The average molecular weight is 310 g/mol. The third-order valence-corrected chi connectivity index (χ3v) is 4.29. The number of hydrogen-bond acceptors (Lipinski definition) is 5. The Hall–Kier alpha value is -1.60. The van der Waals surface area contributed by atoms with Crippen molar-refractivity contribution in [1.29, 1.82) is 0 Å². The van der Waals surface area contributed by atoms with E-state index in [2.05, 4.69) is 5.32 Å². The fourth-order valence-corrected chi connectivity index (χ4v) is 3.16. The van der Waals surface area contributed by atoms with E-state index in [0.29, 0.717) is 11.4 Å². The van der Waals surface area contributed by atoms with Crippen LogP contribution < -0.4 is 5.32 Å². The van der Waals surface area contributed by atoms with Crippen LogP contribution in [0.5, 0.6) is 0 Å². The molecule has 0 atom stereocenters. The van der Waals surface area contributed by atoms with Gasteiger partial charge in [0.1, 0.15) is 6.54 Å². The summed E-state index contributed by atoms with van der Waals surface area (Å²) in [5.74, 6) is -0.716. The molecule has 0 aromatic carbocycles. The fraction of sp³-hybridized carbons (Fsp3) is 0.308. The molecule has 1 aliphatic heterocycles. The maximum absolute atomic E-state index is 12.1. The Morgan fingerprint density at radius 1 is 1.45 bits per heavy atom. The van der Waals surface area contributed by atoms with E-state index in [4.69, 9.17) is 0 Å². The molecule has 1 fully saturated rings. The Morgan fingerprint density at radius 3 is 2.90 bits per heavy atom. The number of rotatable bonds is 5. The molecule has 0 unspecified atom stereocenters. The maximum atomic E-state index is 12.1. The van der Waals surface area contributed by atoms with Crippen molar-refractivity contribution in [3.63, 3.8) is 0 Å². The van der Waals surface area contributed by atoms with Crippen LogP contribution in [0.2, 0.25) is 0 Å². The number of nitrogens with zero attached hydrogens (tertiary/aromatic N) is 1. The highest BCUT2D eigenvalue weighted by Crippen LogP contribution is 2.32. The highest BCUT2D eigenvalue weighted by atomic mass is 32.2. The standard InChI is InChI=1S/C13H14N2O3S2/c1-2-5-14-11(16)8-15-12(17)10(20-13(15)18)7-9-4-3-6-19-9/h3-4,6-7H,2,5,8H2,1H3,(H,14,16)/b10-7-. The highest BCUT2D eigenvalue weighted by molar-refractivity contribution is 8.18. The summed E-state index contributed by atoms with van der Waals surface area (Å²) < 4.78 is 0. The highest BCUT2D eigenvalue weighted by Gasteiger charge is 2.36. The summed E-state index contributed by atoms with van der Waals surface area (Å²) in [6.07, 6.45) is 2.49. The lowest BCUT2D eigenvalue weighted by molar-refractivity contribution is -0.129. The van der Waals surface area contributed by atoms with Crippen LogP contribution >= 0.6 is 23.1 Å². The largest absolute Gasteiger partial charge is 0.355 e. The van der Waals surface area contributed by atoms with Gasteiger partial charge in [0, 0.05) is 11.4 Å². The zero-order chi connectivity index (χ0) is 14.5. The number of carbonyl (C=O) groups excluding carboxylic acids is 3. The van der Waals surface area contributed by atoms with E-state index in [1.807, 2.05) is 24.4 Å². The van der Waals surface area contributed by atoms with Gasteiger partial charge < -0.3 is 5.32 Å². The van der Waals surface area contributed by atoms with E-state index in [0.717, 1.165) is 28.0 Å². The van der Waals surface area contributed by atoms with Crippen molar-refractivity contribution >= 4 is 46.2 Å². The number of thiophene rings is 1. The first-order valence-corrected chi connectivity index (χ1v) is 7.87. The summed E-state index contributed by atoms with van der Waals surface area (Å²) in [6.45, 7) is 2.26. The van der Waals surface area contributed by atoms with Gasteiger partial charge in [0.2, 0.25) is 5.91 Å². The van der Waals surface area contributed by atoms with E-state index >= 15 is 0 Å². The van der Waals surface area contributed by atoms with Crippen molar-refractivity contribution in [2.75, 3.05) is 13.1 Å². The Labute approximate surface area is 125 Å². The predicted molar refractivity (Wildman–Crippen MR) is 80.3 cm³/mol. The monoisotopic (exact) mass is 310 g/mol. The summed E-state index contributed by atoms with van der Waals surface area (Å²) in [5, 5.41) is 4.15. The van der Waals surface area contributed by atoms with Gasteiger partial charge in [-0.2, -0.15) is 0 Å². The second-order valence-corrected chi connectivity index (χ2v) is 6.11. The molecule has 0 spiro atoms. The van der Waals surface area contributed by atoms with Crippen LogP contribution in [-0.2, 0) is 9.59 Å². The minimum atomic E-state index is -0.403. The first-order chi connectivity index (χ1) is 9.61. The van der Waals surface area contributed by atoms with Crippen LogP contribution in [0, 0.1) is 0 Å². The van der Waals surface area contributed by atoms with Gasteiger partial charge in [-0.1, -0.05) is 13.0 Å². The van der Waals surface area contributed by atoms with E-state index in [1.54, 1.807) is 6.08 Å². The molecule has 2 rings (SSSR count). The first kappa shape index (κ1) is 14.8. The Bertz CT molecular complexity index is 552. The number of nitrogens with one attached hydrogen (secondary N) is 1. The van der Waals surface area contributed by atoms with Crippen molar-refractivity contribution in [3.05, 3.63) is 27.3 Å². The summed E-state index contributed by atoms with van der Waals surface area (Å²) >= 11 is 2.36. The van der Waals surface area contributed by atoms with E-state index < -0.39 is 11.1 Å². The molecule has 1 aromatic rings. The molecule has 106 valence electrons. The smallest absolute Gasteiger partial charge is 0.294 e. The molecule has 1 saturated heterocycles. The lowest BCUT2D eigenvalue weighted by atomic mass is 10.3. The molecule has 1 aliphatic rings. The number of imide groups is 1. The van der Waals surface area contributed by atoms with E-state index in [-0.39, 0.29) is 12.5 Å². The average Bonchev–Trinajstić information content (AvgIpc) is 3.01. The van der Waals surface area contributed by atoms with E-state index in [1.165, 1.54) is 11.3 Å². The Balaban J connectivity index is 2.04. The molecular weight excluding hydrogens is 296 g/mol. The van der Waals surface area contributed by atoms with Gasteiger partial charge in [0.15, 0.2) is 0 Å².